The predicted octanol–water partition coefficient (Wildman–Crippen LogP) is 2.91. The van der Waals surface area contributed by atoms with Crippen LogP contribution in [0, 0.1) is 5.92 Å². The van der Waals surface area contributed by atoms with Gasteiger partial charge in [-0.2, -0.15) is 0 Å². The molecule has 16 heavy (non-hydrogen) atoms. The summed E-state index contributed by atoms with van der Waals surface area (Å²) in [6, 6.07) is 3.84. The van der Waals surface area contributed by atoms with Gasteiger partial charge in [0.2, 0.25) is 0 Å². The average molecular weight is 219 g/mol. The van der Waals surface area contributed by atoms with Crippen molar-refractivity contribution in [3.63, 3.8) is 0 Å². The largest absolute Gasteiger partial charge is 0.461 e. The molecule has 2 aromatic heterocycles. The number of fused-ring (bicyclic) bond motifs is 1. The molecule has 0 radical (unpaired) electrons. The zero-order valence-corrected chi connectivity index (χ0v) is 9.73. The van der Waals surface area contributed by atoms with Crippen LogP contribution >= 0.6 is 0 Å². The zero-order chi connectivity index (χ0) is 11.5. The molecular weight excluding hydrogens is 202 g/mol. The van der Waals surface area contributed by atoms with Crippen LogP contribution in [0.15, 0.2) is 22.7 Å². The summed E-state index contributed by atoms with van der Waals surface area (Å²) in [5, 5.41) is 10.1. The molecule has 0 fully saturated rings. The van der Waals surface area contributed by atoms with Gasteiger partial charge in [0.15, 0.2) is 0 Å². The van der Waals surface area contributed by atoms with E-state index in [0.717, 1.165) is 29.6 Å². The molecule has 1 N–H and O–H groups in total. The third-order valence-corrected chi connectivity index (χ3v) is 2.70. The molecular formula is C13H17NO2. The fraction of sp³-hybridized carbons (Fsp3) is 0.462. The van der Waals surface area contributed by atoms with E-state index in [0.29, 0.717) is 11.6 Å². The van der Waals surface area contributed by atoms with Crippen molar-refractivity contribution in [1.29, 1.82) is 0 Å². The number of aryl methyl sites for hydroxylation is 1. The molecule has 0 unspecified atom stereocenters. The molecule has 0 amide bonds. The first kappa shape index (κ1) is 11.1. The lowest BCUT2D eigenvalue weighted by Crippen LogP contribution is -1.90. The lowest BCUT2D eigenvalue weighted by atomic mass is 10.1. The molecule has 0 aliphatic heterocycles. The van der Waals surface area contributed by atoms with Crippen LogP contribution in [-0.4, -0.2) is 10.1 Å². The quantitative estimate of drug-likeness (QED) is 0.860. The number of aromatic nitrogens is 1. The van der Waals surface area contributed by atoms with Crippen molar-refractivity contribution in [2.45, 2.75) is 33.3 Å². The van der Waals surface area contributed by atoms with Crippen LogP contribution in [0.4, 0.5) is 0 Å². The lowest BCUT2D eigenvalue weighted by Gasteiger charge is -2.00. The van der Waals surface area contributed by atoms with E-state index >= 15 is 0 Å². The van der Waals surface area contributed by atoms with E-state index in [-0.39, 0.29) is 6.61 Å². The number of nitrogens with zero attached hydrogens (tertiary/aromatic N) is 1. The number of furan rings is 1. The Bertz CT molecular complexity index is 474. The predicted molar refractivity (Wildman–Crippen MR) is 63.1 cm³/mol. The fourth-order valence-electron chi connectivity index (χ4n) is 1.75. The van der Waals surface area contributed by atoms with Gasteiger partial charge >= 0.3 is 0 Å². The summed E-state index contributed by atoms with van der Waals surface area (Å²) < 4.78 is 5.71. The molecule has 3 heteroatoms. The van der Waals surface area contributed by atoms with E-state index in [1.165, 1.54) is 0 Å². The van der Waals surface area contributed by atoms with Crippen molar-refractivity contribution in [3.8, 4) is 0 Å². The SMILES string of the molecule is CC(C)CCc1cc2c(CO)nccc2o1. The zero-order valence-electron chi connectivity index (χ0n) is 9.73. The Morgan fingerprint density at radius 1 is 1.44 bits per heavy atom. The minimum Gasteiger partial charge on any atom is -0.461 e. The molecule has 0 aliphatic rings. The second kappa shape index (κ2) is 4.66. The van der Waals surface area contributed by atoms with Gasteiger partial charge in [-0.1, -0.05) is 13.8 Å². The molecule has 3 nitrogen and oxygen atoms in total. The van der Waals surface area contributed by atoms with E-state index in [2.05, 4.69) is 18.8 Å². The molecule has 2 heterocycles. The summed E-state index contributed by atoms with van der Waals surface area (Å²) >= 11 is 0. The molecule has 0 atom stereocenters. The van der Waals surface area contributed by atoms with Crippen LogP contribution in [0.25, 0.3) is 11.0 Å². The van der Waals surface area contributed by atoms with Crippen molar-refractivity contribution in [2.75, 3.05) is 0 Å². The summed E-state index contributed by atoms with van der Waals surface area (Å²) in [4.78, 5) is 4.12. The summed E-state index contributed by atoms with van der Waals surface area (Å²) in [7, 11) is 0. The van der Waals surface area contributed by atoms with Crippen LogP contribution in [0.1, 0.15) is 31.7 Å². The van der Waals surface area contributed by atoms with Gasteiger partial charge in [-0.3, -0.25) is 4.98 Å². The molecule has 86 valence electrons. The van der Waals surface area contributed by atoms with E-state index < -0.39 is 0 Å². The van der Waals surface area contributed by atoms with E-state index in [1.54, 1.807) is 6.20 Å². The number of hydrogen-bond acceptors (Lipinski definition) is 3. The maximum Gasteiger partial charge on any atom is 0.137 e. The van der Waals surface area contributed by atoms with Crippen LogP contribution in [-0.2, 0) is 13.0 Å². The van der Waals surface area contributed by atoms with Gasteiger partial charge in [0.1, 0.15) is 11.3 Å². The standard InChI is InChI=1S/C13H17NO2/c1-9(2)3-4-10-7-11-12(8-15)14-6-5-13(11)16-10/h5-7,9,15H,3-4,8H2,1-2H3. The van der Waals surface area contributed by atoms with Crippen molar-refractivity contribution < 1.29 is 9.52 Å². The Kier molecular flexibility index (Phi) is 3.25. The van der Waals surface area contributed by atoms with Crippen molar-refractivity contribution in [3.05, 3.63) is 29.8 Å². The average Bonchev–Trinajstić information content (AvgIpc) is 2.68. The minimum absolute atomic E-state index is 0.0412. The summed E-state index contributed by atoms with van der Waals surface area (Å²) in [5.74, 6) is 1.65. The normalized spacial score (nSPS) is 11.5. The van der Waals surface area contributed by atoms with Crippen LogP contribution in [0.5, 0.6) is 0 Å². The van der Waals surface area contributed by atoms with E-state index in [9.17, 15) is 0 Å². The molecule has 0 bridgehead atoms. The smallest absolute Gasteiger partial charge is 0.137 e. The fourth-order valence-corrected chi connectivity index (χ4v) is 1.75. The first-order valence-electron chi connectivity index (χ1n) is 5.68. The monoisotopic (exact) mass is 219 g/mol. The summed E-state index contributed by atoms with van der Waals surface area (Å²) in [6.45, 7) is 4.35. The Morgan fingerprint density at radius 2 is 2.25 bits per heavy atom. The molecule has 0 aliphatic carbocycles. The summed E-state index contributed by atoms with van der Waals surface area (Å²) in [5.41, 5.74) is 1.51. The molecule has 2 aromatic rings. The highest BCUT2D eigenvalue weighted by Crippen LogP contribution is 2.23. The van der Waals surface area contributed by atoms with Crippen molar-refractivity contribution in [2.24, 2.45) is 5.92 Å². The number of hydrogen-bond donors (Lipinski definition) is 1. The van der Waals surface area contributed by atoms with Crippen LogP contribution in [0.2, 0.25) is 0 Å². The van der Waals surface area contributed by atoms with Gasteiger partial charge in [-0.05, 0) is 24.5 Å². The van der Waals surface area contributed by atoms with Gasteiger partial charge in [-0.15, -0.1) is 0 Å². The van der Waals surface area contributed by atoms with Crippen molar-refractivity contribution >= 4 is 11.0 Å². The highest BCUT2D eigenvalue weighted by atomic mass is 16.3. The number of rotatable bonds is 4. The Labute approximate surface area is 95.1 Å². The number of aliphatic hydroxyl groups is 1. The highest BCUT2D eigenvalue weighted by Gasteiger charge is 2.08. The third kappa shape index (κ3) is 2.25. The van der Waals surface area contributed by atoms with E-state index in [1.807, 2.05) is 12.1 Å². The second-order valence-electron chi connectivity index (χ2n) is 4.47. The first-order chi connectivity index (χ1) is 7.70. The Hall–Kier alpha value is -1.35. The maximum atomic E-state index is 9.16. The number of pyridine rings is 1. The second-order valence-corrected chi connectivity index (χ2v) is 4.47. The Balaban J connectivity index is 2.29. The van der Waals surface area contributed by atoms with Gasteiger partial charge in [-0.25, -0.2) is 0 Å². The molecule has 0 saturated heterocycles. The van der Waals surface area contributed by atoms with Crippen LogP contribution in [0.3, 0.4) is 0 Å². The topological polar surface area (TPSA) is 46.3 Å². The summed E-state index contributed by atoms with van der Waals surface area (Å²) in [6.07, 6.45) is 3.72. The third-order valence-electron chi connectivity index (χ3n) is 2.70. The van der Waals surface area contributed by atoms with E-state index in [4.69, 9.17) is 9.52 Å². The van der Waals surface area contributed by atoms with Crippen molar-refractivity contribution in [1.82, 2.24) is 4.98 Å². The minimum atomic E-state index is -0.0412. The molecule has 2 rings (SSSR count). The van der Waals surface area contributed by atoms with Gasteiger partial charge in [0, 0.05) is 18.0 Å². The van der Waals surface area contributed by atoms with Gasteiger partial charge in [0.25, 0.3) is 0 Å². The maximum absolute atomic E-state index is 9.16. The molecule has 0 spiro atoms. The number of aliphatic hydroxyl groups excluding tert-OH is 1. The first-order valence-corrected chi connectivity index (χ1v) is 5.68. The molecule has 0 saturated carbocycles. The van der Waals surface area contributed by atoms with Gasteiger partial charge in [0.05, 0.1) is 12.3 Å². The lowest BCUT2D eigenvalue weighted by molar-refractivity contribution is 0.278. The molecule has 0 aromatic carbocycles. The highest BCUT2D eigenvalue weighted by molar-refractivity contribution is 5.80. The Morgan fingerprint density at radius 3 is 2.94 bits per heavy atom. The van der Waals surface area contributed by atoms with Gasteiger partial charge < -0.3 is 9.52 Å². The van der Waals surface area contributed by atoms with Crippen LogP contribution < -0.4 is 0 Å².